The molecule has 3 heterocycles. The Hall–Kier alpha value is -1.36. The predicted octanol–water partition coefficient (Wildman–Crippen LogP) is 2.28. The van der Waals surface area contributed by atoms with Crippen molar-refractivity contribution in [3.8, 4) is 0 Å². The van der Waals surface area contributed by atoms with Gasteiger partial charge < -0.3 is 10.2 Å². The molecule has 1 aromatic rings. The largest absolute Gasteiger partial charge is 0.355 e. The van der Waals surface area contributed by atoms with Crippen molar-refractivity contribution in [3.05, 3.63) is 11.8 Å². The Bertz CT molecular complexity index is 476. The fraction of sp³-hybridized carbons (Fsp3) is 0.750. The number of hydrogen-bond acceptors (Lipinski definition) is 5. The number of aryl methyl sites for hydroxylation is 1. The van der Waals surface area contributed by atoms with Gasteiger partial charge in [0.05, 0.1) is 0 Å². The van der Waals surface area contributed by atoms with Crippen LogP contribution in [-0.4, -0.2) is 53.6 Å². The normalized spacial score (nSPS) is 23.0. The van der Waals surface area contributed by atoms with E-state index in [9.17, 15) is 0 Å². The highest BCUT2D eigenvalue weighted by molar-refractivity contribution is 5.45. The zero-order valence-electron chi connectivity index (χ0n) is 13.3. The van der Waals surface area contributed by atoms with Gasteiger partial charge in [-0.15, -0.1) is 0 Å². The van der Waals surface area contributed by atoms with Crippen LogP contribution in [0.15, 0.2) is 6.07 Å². The molecule has 2 fully saturated rings. The zero-order valence-corrected chi connectivity index (χ0v) is 13.3. The molecule has 2 saturated heterocycles. The van der Waals surface area contributed by atoms with Gasteiger partial charge in [-0.25, -0.2) is 4.98 Å². The lowest BCUT2D eigenvalue weighted by Crippen LogP contribution is -2.37. The van der Waals surface area contributed by atoms with Crippen LogP contribution in [0.3, 0.4) is 0 Å². The van der Waals surface area contributed by atoms with Gasteiger partial charge in [0.25, 0.3) is 0 Å². The van der Waals surface area contributed by atoms with Gasteiger partial charge in [-0.3, -0.25) is 4.90 Å². The van der Waals surface area contributed by atoms with Crippen molar-refractivity contribution >= 4 is 11.8 Å². The van der Waals surface area contributed by atoms with Gasteiger partial charge in [-0.1, -0.05) is 6.92 Å². The van der Waals surface area contributed by atoms with Crippen molar-refractivity contribution in [1.29, 1.82) is 0 Å². The average Bonchev–Trinajstić information content (AvgIpc) is 2.81. The third-order valence-electron chi connectivity index (χ3n) is 4.50. The summed E-state index contributed by atoms with van der Waals surface area (Å²) in [7, 11) is 0. The van der Waals surface area contributed by atoms with E-state index in [1.54, 1.807) is 0 Å². The zero-order chi connectivity index (χ0) is 14.7. The number of hydrogen-bond donors (Lipinski definition) is 1. The minimum Gasteiger partial charge on any atom is -0.355 e. The number of nitrogens with zero attached hydrogens (tertiary/aromatic N) is 4. The summed E-state index contributed by atoms with van der Waals surface area (Å²) in [6.07, 6.45) is 5.01. The second-order valence-corrected chi connectivity index (χ2v) is 6.25. The van der Waals surface area contributed by atoms with Crippen molar-refractivity contribution in [2.24, 2.45) is 0 Å². The predicted molar refractivity (Wildman–Crippen MR) is 87.0 cm³/mol. The minimum atomic E-state index is 0.717. The summed E-state index contributed by atoms with van der Waals surface area (Å²) in [5.74, 6) is 1.87. The molecule has 0 spiro atoms. The third-order valence-corrected chi connectivity index (χ3v) is 4.50. The van der Waals surface area contributed by atoms with E-state index < -0.39 is 0 Å². The van der Waals surface area contributed by atoms with E-state index in [2.05, 4.69) is 40.0 Å². The molecular formula is C16H27N5. The standard InChI is InChI=1S/C16H27N5/c1-3-7-17-16-18-13(2)11-15(19-16)21-10-5-9-20-8-4-6-14(20)12-21/h11,14H,3-10,12H2,1-2H3,(H,17,18,19). The van der Waals surface area contributed by atoms with Crippen LogP contribution in [0.4, 0.5) is 11.8 Å². The van der Waals surface area contributed by atoms with Gasteiger partial charge in [0.2, 0.25) is 5.95 Å². The van der Waals surface area contributed by atoms with Crippen LogP contribution in [-0.2, 0) is 0 Å². The van der Waals surface area contributed by atoms with E-state index in [-0.39, 0.29) is 0 Å². The molecule has 0 bridgehead atoms. The molecule has 3 rings (SSSR count). The number of fused-ring (bicyclic) bond motifs is 1. The smallest absolute Gasteiger partial charge is 0.224 e. The SMILES string of the molecule is CCCNc1nc(C)cc(N2CCCN3CCCC3C2)n1. The molecule has 1 atom stereocenters. The van der Waals surface area contributed by atoms with Gasteiger partial charge in [0.15, 0.2) is 0 Å². The average molecular weight is 289 g/mol. The highest BCUT2D eigenvalue weighted by Crippen LogP contribution is 2.24. The van der Waals surface area contributed by atoms with E-state index >= 15 is 0 Å². The molecule has 21 heavy (non-hydrogen) atoms. The first-order valence-corrected chi connectivity index (χ1v) is 8.35. The topological polar surface area (TPSA) is 44.3 Å². The molecule has 116 valence electrons. The van der Waals surface area contributed by atoms with Crippen LogP contribution in [0.25, 0.3) is 0 Å². The fourth-order valence-electron chi connectivity index (χ4n) is 3.44. The summed E-state index contributed by atoms with van der Waals surface area (Å²) < 4.78 is 0. The Labute approximate surface area is 127 Å². The molecule has 5 heteroatoms. The second kappa shape index (κ2) is 6.60. The van der Waals surface area contributed by atoms with Crippen molar-refractivity contribution in [3.63, 3.8) is 0 Å². The van der Waals surface area contributed by atoms with E-state index in [1.807, 2.05) is 0 Å². The number of rotatable bonds is 4. The Morgan fingerprint density at radius 3 is 2.95 bits per heavy atom. The highest BCUT2D eigenvalue weighted by Gasteiger charge is 2.29. The van der Waals surface area contributed by atoms with E-state index in [4.69, 9.17) is 4.98 Å². The van der Waals surface area contributed by atoms with E-state index in [0.717, 1.165) is 49.6 Å². The Balaban J connectivity index is 1.76. The van der Waals surface area contributed by atoms with E-state index in [0.29, 0.717) is 0 Å². The summed E-state index contributed by atoms with van der Waals surface area (Å²) in [4.78, 5) is 14.3. The molecule has 1 aromatic heterocycles. The van der Waals surface area contributed by atoms with Gasteiger partial charge in [0, 0.05) is 44.0 Å². The van der Waals surface area contributed by atoms with Crippen LogP contribution >= 0.6 is 0 Å². The van der Waals surface area contributed by atoms with Gasteiger partial charge in [-0.05, 0) is 39.2 Å². The van der Waals surface area contributed by atoms with Gasteiger partial charge >= 0.3 is 0 Å². The molecule has 0 saturated carbocycles. The fourth-order valence-corrected chi connectivity index (χ4v) is 3.44. The maximum absolute atomic E-state index is 4.74. The number of nitrogens with one attached hydrogen (secondary N) is 1. The molecule has 1 N–H and O–H groups in total. The van der Waals surface area contributed by atoms with E-state index in [1.165, 1.54) is 32.4 Å². The van der Waals surface area contributed by atoms with Crippen LogP contribution in [0.1, 0.15) is 38.3 Å². The van der Waals surface area contributed by atoms with Crippen molar-refractivity contribution in [1.82, 2.24) is 14.9 Å². The summed E-state index contributed by atoms with van der Waals surface area (Å²) in [6.45, 7) is 9.89. The molecule has 0 radical (unpaired) electrons. The number of aromatic nitrogens is 2. The van der Waals surface area contributed by atoms with Crippen molar-refractivity contribution in [2.75, 3.05) is 42.9 Å². The summed E-state index contributed by atoms with van der Waals surface area (Å²) in [5, 5.41) is 3.32. The Morgan fingerprint density at radius 2 is 2.10 bits per heavy atom. The van der Waals surface area contributed by atoms with Crippen molar-refractivity contribution < 1.29 is 0 Å². The van der Waals surface area contributed by atoms with Crippen LogP contribution < -0.4 is 10.2 Å². The molecule has 5 nitrogen and oxygen atoms in total. The monoisotopic (exact) mass is 289 g/mol. The highest BCUT2D eigenvalue weighted by atomic mass is 15.3. The molecule has 0 amide bonds. The quantitative estimate of drug-likeness (QED) is 0.921. The van der Waals surface area contributed by atoms with Gasteiger partial charge in [-0.2, -0.15) is 4.98 Å². The maximum Gasteiger partial charge on any atom is 0.224 e. The first kappa shape index (κ1) is 14.6. The molecule has 1 unspecified atom stereocenters. The van der Waals surface area contributed by atoms with Crippen molar-refractivity contribution in [2.45, 2.75) is 45.6 Å². The lowest BCUT2D eigenvalue weighted by atomic mass is 10.2. The maximum atomic E-state index is 4.74. The lowest BCUT2D eigenvalue weighted by Gasteiger charge is -2.26. The minimum absolute atomic E-state index is 0.717. The first-order valence-electron chi connectivity index (χ1n) is 8.35. The van der Waals surface area contributed by atoms with Crippen LogP contribution in [0.2, 0.25) is 0 Å². The van der Waals surface area contributed by atoms with Crippen LogP contribution in [0, 0.1) is 6.92 Å². The summed E-state index contributed by atoms with van der Waals surface area (Å²) in [6, 6.07) is 2.84. The lowest BCUT2D eigenvalue weighted by molar-refractivity contribution is 0.273. The molecule has 2 aliphatic heterocycles. The number of anilines is 2. The molecule has 0 aliphatic carbocycles. The van der Waals surface area contributed by atoms with Gasteiger partial charge in [0.1, 0.15) is 5.82 Å². The second-order valence-electron chi connectivity index (χ2n) is 6.25. The third kappa shape index (κ3) is 3.46. The first-order chi connectivity index (χ1) is 10.3. The van der Waals surface area contributed by atoms with Crippen LogP contribution in [0.5, 0.6) is 0 Å². The summed E-state index contributed by atoms with van der Waals surface area (Å²) in [5.41, 5.74) is 1.05. The molecule has 2 aliphatic rings. The molecular weight excluding hydrogens is 262 g/mol. The molecule has 0 aromatic carbocycles. The Kier molecular flexibility index (Phi) is 4.58. The summed E-state index contributed by atoms with van der Waals surface area (Å²) >= 11 is 0. The Morgan fingerprint density at radius 1 is 1.24 bits per heavy atom.